The molecule has 0 saturated heterocycles. The van der Waals surface area contributed by atoms with Gasteiger partial charge in [-0.1, -0.05) is 55.9 Å². The summed E-state index contributed by atoms with van der Waals surface area (Å²) in [5.41, 5.74) is 7.58. The zero-order valence-electron chi connectivity index (χ0n) is 15.0. The smallest absolute Gasteiger partial charge is 0.306 e. The molecule has 7 heteroatoms. The largest absolute Gasteiger partial charge is 0.469 e. The first-order chi connectivity index (χ1) is 12.0. The number of nitrogens with two attached hydrogens (primary N) is 1. The highest BCUT2D eigenvalue weighted by atomic mass is 32.2. The van der Waals surface area contributed by atoms with E-state index in [-0.39, 0.29) is 12.0 Å². The number of rotatable bonds is 9. The van der Waals surface area contributed by atoms with Crippen LogP contribution in [-0.2, 0) is 22.5 Å². The molecule has 0 unspecified atom stereocenters. The molecule has 1 aromatic carbocycles. The van der Waals surface area contributed by atoms with Gasteiger partial charge in [-0.25, -0.2) is 0 Å². The van der Waals surface area contributed by atoms with E-state index in [0.717, 1.165) is 17.5 Å². The Morgan fingerprint density at radius 3 is 2.64 bits per heavy atom. The first-order valence-electron chi connectivity index (χ1n) is 8.43. The van der Waals surface area contributed by atoms with Crippen LogP contribution in [0.15, 0.2) is 35.5 Å². The Morgan fingerprint density at radius 2 is 2.00 bits per heavy atom. The predicted molar refractivity (Wildman–Crippen MR) is 99.3 cm³/mol. The number of hydrogen-bond acceptors (Lipinski definition) is 6. The molecule has 0 radical (unpaired) electrons. The van der Waals surface area contributed by atoms with E-state index in [1.807, 2.05) is 18.2 Å². The molecule has 0 fully saturated rings. The summed E-state index contributed by atoms with van der Waals surface area (Å²) in [6.45, 7) is 5.09. The van der Waals surface area contributed by atoms with Gasteiger partial charge in [0.15, 0.2) is 11.0 Å². The lowest BCUT2D eigenvalue weighted by Crippen LogP contribution is -2.21. The van der Waals surface area contributed by atoms with Crippen molar-refractivity contribution in [3.05, 3.63) is 41.7 Å². The van der Waals surface area contributed by atoms with Crippen LogP contribution in [-0.4, -0.2) is 33.6 Å². The standard InChI is InChI=1S/C18H26N4O2S/c1-13(2)12-22-17(15(19)11-14-7-5-4-6-8-14)20-21-18(22)25-10-9-16(23)24-3/h4-8,13,15H,9-12,19H2,1-3H3/t15-/m0/s1. The molecule has 0 aliphatic rings. The highest BCUT2D eigenvalue weighted by Crippen LogP contribution is 2.23. The quantitative estimate of drug-likeness (QED) is 0.545. The minimum atomic E-state index is -0.219. The number of esters is 1. The Hall–Kier alpha value is -1.86. The molecule has 0 amide bonds. The van der Waals surface area contributed by atoms with Crippen molar-refractivity contribution < 1.29 is 9.53 Å². The van der Waals surface area contributed by atoms with Crippen molar-refractivity contribution in [3.8, 4) is 0 Å². The fourth-order valence-electron chi connectivity index (χ4n) is 2.50. The number of thioether (sulfide) groups is 1. The molecule has 2 aromatic rings. The molecular formula is C18H26N4O2S. The van der Waals surface area contributed by atoms with Crippen LogP contribution in [0.2, 0.25) is 0 Å². The summed E-state index contributed by atoms with van der Waals surface area (Å²) in [6.07, 6.45) is 1.06. The number of ether oxygens (including phenoxy) is 1. The van der Waals surface area contributed by atoms with Crippen molar-refractivity contribution >= 4 is 17.7 Å². The van der Waals surface area contributed by atoms with Gasteiger partial charge in [0, 0.05) is 12.3 Å². The van der Waals surface area contributed by atoms with Crippen LogP contribution < -0.4 is 5.73 Å². The second-order valence-electron chi connectivity index (χ2n) is 6.32. The highest BCUT2D eigenvalue weighted by Gasteiger charge is 2.20. The highest BCUT2D eigenvalue weighted by molar-refractivity contribution is 7.99. The number of benzene rings is 1. The van der Waals surface area contributed by atoms with Crippen LogP contribution in [0.3, 0.4) is 0 Å². The SMILES string of the molecule is COC(=O)CCSc1nnc([C@@H](N)Cc2ccccc2)n1CC(C)C. The van der Waals surface area contributed by atoms with E-state index in [9.17, 15) is 4.79 Å². The molecule has 1 aromatic heterocycles. The van der Waals surface area contributed by atoms with Crippen LogP contribution in [0.4, 0.5) is 0 Å². The molecule has 1 heterocycles. The predicted octanol–water partition coefficient (Wildman–Crippen LogP) is 2.83. The van der Waals surface area contributed by atoms with E-state index in [4.69, 9.17) is 5.73 Å². The maximum Gasteiger partial charge on any atom is 0.306 e. The van der Waals surface area contributed by atoms with Gasteiger partial charge in [-0.05, 0) is 17.9 Å². The maximum atomic E-state index is 11.3. The molecule has 0 saturated carbocycles. The topological polar surface area (TPSA) is 83.0 Å². The van der Waals surface area contributed by atoms with Crippen LogP contribution in [0.1, 0.15) is 37.7 Å². The Kier molecular flexibility index (Phi) is 7.46. The van der Waals surface area contributed by atoms with Crippen molar-refractivity contribution in [1.29, 1.82) is 0 Å². The molecule has 0 aliphatic carbocycles. The van der Waals surface area contributed by atoms with Crippen molar-refractivity contribution in [2.75, 3.05) is 12.9 Å². The first-order valence-corrected chi connectivity index (χ1v) is 9.42. The van der Waals surface area contributed by atoms with Gasteiger partial charge in [0.05, 0.1) is 19.6 Å². The van der Waals surface area contributed by atoms with E-state index in [1.54, 1.807) is 0 Å². The number of carbonyl (C=O) groups is 1. The van der Waals surface area contributed by atoms with Gasteiger partial charge in [0.25, 0.3) is 0 Å². The zero-order valence-corrected chi connectivity index (χ0v) is 15.8. The maximum absolute atomic E-state index is 11.3. The van der Waals surface area contributed by atoms with Crippen LogP contribution >= 0.6 is 11.8 Å². The fourth-order valence-corrected chi connectivity index (χ4v) is 3.38. The van der Waals surface area contributed by atoms with Gasteiger partial charge >= 0.3 is 5.97 Å². The molecule has 2 rings (SSSR count). The van der Waals surface area contributed by atoms with E-state index < -0.39 is 0 Å². The van der Waals surface area contributed by atoms with Gasteiger partial charge in [-0.3, -0.25) is 4.79 Å². The summed E-state index contributed by atoms with van der Waals surface area (Å²) in [5.74, 6) is 1.62. The van der Waals surface area contributed by atoms with Crippen molar-refractivity contribution in [2.45, 2.75) is 44.4 Å². The van der Waals surface area contributed by atoms with Crippen LogP contribution in [0, 0.1) is 5.92 Å². The monoisotopic (exact) mass is 362 g/mol. The van der Waals surface area contributed by atoms with Gasteiger partial charge in [0.1, 0.15) is 0 Å². The van der Waals surface area contributed by atoms with Gasteiger partial charge in [-0.15, -0.1) is 10.2 Å². The van der Waals surface area contributed by atoms with Crippen LogP contribution in [0.25, 0.3) is 0 Å². The summed E-state index contributed by atoms with van der Waals surface area (Å²) in [7, 11) is 1.40. The van der Waals surface area contributed by atoms with Gasteiger partial charge in [0.2, 0.25) is 0 Å². The second kappa shape index (κ2) is 9.58. The van der Waals surface area contributed by atoms with Gasteiger partial charge in [-0.2, -0.15) is 0 Å². The van der Waals surface area contributed by atoms with Crippen LogP contribution in [0.5, 0.6) is 0 Å². The molecule has 2 N–H and O–H groups in total. The lowest BCUT2D eigenvalue weighted by Gasteiger charge is -2.16. The third kappa shape index (κ3) is 5.86. The van der Waals surface area contributed by atoms with Crippen molar-refractivity contribution in [3.63, 3.8) is 0 Å². The third-order valence-electron chi connectivity index (χ3n) is 3.69. The molecule has 0 aliphatic heterocycles. The Labute approximate surface area is 153 Å². The zero-order chi connectivity index (χ0) is 18.2. The van der Waals surface area contributed by atoms with Gasteiger partial charge < -0.3 is 15.0 Å². The summed E-state index contributed by atoms with van der Waals surface area (Å²) in [4.78, 5) is 11.3. The molecule has 6 nitrogen and oxygen atoms in total. The Bertz CT molecular complexity index is 673. The number of aromatic nitrogens is 3. The average molecular weight is 362 g/mol. The minimum Gasteiger partial charge on any atom is -0.469 e. The molecule has 1 atom stereocenters. The van der Waals surface area contributed by atoms with E-state index in [2.05, 4.69) is 45.5 Å². The normalized spacial score (nSPS) is 12.4. The first kappa shape index (κ1) is 19.5. The minimum absolute atomic E-state index is 0.219. The molecule has 136 valence electrons. The summed E-state index contributed by atoms with van der Waals surface area (Å²) in [5, 5.41) is 9.43. The fraction of sp³-hybridized carbons (Fsp3) is 0.500. The molecular weight excluding hydrogens is 336 g/mol. The third-order valence-corrected chi connectivity index (χ3v) is 4.66. The Morgan fingerprint density at radius 1 is 1.28 bits per heavy atom. The van der Waals surface area contributed by atoms with E-state index >= 15 is 0 Å². The van der Waals surface area contributed by atoms with Crippen molar-refractivity contribution in [2.24, 2.45) is 11.7 Å². The van der Waals surface area contributed by atoms with Crippen molar-refractivity contribution in [1.82, 2.24) is 14.8 Å². The number of carbonyl (C=O) groups excluding carboxylic acids is 1. The average Bonchev–Trinajstić information content (AvgIpc) is 2.97. The molecule has 0 bridgehead atoms. The number of methoxy groups -OCH3 is 1. The lowest BCUT2D eigenvalue weighted by atomic mass is 10.1. The summed E-state index contributed by atoms with van der Waals surface area (Å²) < 4.78 is 6.76. The summed E-state index contributed by atoms with van der Waals surface area (Å²) >= 11 is 1.51. The molecule has 25 heavy (non-hydrogen) atoms. The number of nitrogens with zero attached hydrogens (tertiary/aromatic N) is 3. The Balaban J connectivity index is 2.12. The number of hydrogen-bond donors (Lipinski definition) is 1. The van der Waals surface area contributed by atoms with E-state index in [0.29, 0.717) is 24.5 Å². The van der Waals surface area contributed by atoms with E-state index in [1.165, 1.54) is 24.4 Å². The molecule has 0 spiro atoms. The summed E-state index contributed by atoms with van der Waals surface area (Å²) in [6, 6.07) is 9.92. The second-order valence-corrected chi connectivity index (χ2v) is 7.38. The lowest BCUT2D eigenvalue weighted by molar-refractivity contribution is -0.140.